The molecule has 0 amide bonds. The van der Waals surface area contributed by atoms with E-state index in [1.807, 2.05) is 43.2 Å². The van der Waals surface area contributed by atoms with Crippen LogP contribution >= 0.6 is 24.0 Å². The normalized spacial score (nSPS) is 10.8. The molecule has 2 aromatic rings. The fourth-order valence-electron chi connectivity index (χ4n) is 1.96. The summed E-state index contributed by atoms with van der Waals surface area (Å²) >= 11 is 0. The second kappa shape index (κ2) is 7.88. The van der Waals surface area contributed by atoms with Crippen molar-refractivity contribution in [1.29, 1.82) is 0 Å². The number of aryl methyl sites for hydroxylation is 1. The summed E-state index contributed by atoms with van der Waals surface area (Å²) in [6.45, 7) is 0.686. The predicted octanol–water partition coefficient (Wildman–Crippen LogP) is 2.00. The first kappa shape index (κ1) is 16.5. The van der Waals surface area contributed by atoms with Gasteiger partial charge in [-0.25, -0.2) is 0 Å². The van der Waals surface area contributed by atoms with Gasteiger partial charge in [-0.1, -0.05) is 30.3 Å². The summed E-state index contributed by atoms with van der Waals surface area (Å²) < 4.78 is 1.83. The summed E-state index contributed by atoms with van der Waals surface area (Å²) in [7, 11) is 5.53. The maximum atomic E-state index is 4.53. The largest absolute Gasteiger partial charge is 0.359 e. The highest BCUT2D eigenvalue weighted by Gasteiger charge is 2.09. The third kappa shape index (κ3) is 3.96. The second-order valence-corrected chi connectivity index (χ2v) is 4.22. The van der Waals surface area contributed by atoms with E-state index in [4.69, 9.17) is 0 Å². The number of aromatic nitrogens is 2. The van der Waals surface area contributed by atoms with Gasteiger partial charge in [0, 0.05) is 45.0 Å². The molecular weight excluding hydrogens is 365 g/mol. The van der Waals surface area contributed by atoms with E-state index in [1.165, 1.54) is 0 Å². The number of rotatable bonds is 3. The van der Waals surface area contributed by atoms with Gasteiger partial charge in [0.25, 0.3) is 0 Å². The first-order valence-electron chi connectivity index (χ1n) is 6.21. The van der Waals surface area contributed by atoms with E-state index >= 15 is 0 Å². The molecule has 0 aliphatic heterocycles. The molecule has 1 heterocycles. The molecular formula is C14H20IN5. The first-order chi connectivity index (χ1) is 9.24. The van der Waals surface area contributed by atoms with Crippen LogP contribution in [0.4, 0.5) is 0 Å². The lowest BCUT2D eigenvalue weighted by atomic mass is 10.1. The molecule has 2 N–H and O–H groups in total. The van der Waals surface area contributed by atoms with Crippen molar-refractivity contribution < 1.29 is 0 Å². The molecule has 6 heteroatoms. The van der Waals surface area contributed by atoms with Crippen molar-refractivity contribution >= 4 is 29.9 Å². The number of hydrogen-bond acceptors (Lipinski definition) is 2. The predicted molar refractivity (Wildman–Crippen MR) is 93.3 cm³/mol. The summed E-state index contributed by atoms with van der Waals surface area (Å²) in [5, 5.41) is 10.8. The molecule has 20 heavy (non-hydrogen) atoms. The molecule has 0 bridgehead atoms. The van der Waals surface area contributed by atoms with Crippen LogP contribution in [0.15, 0.2) is 41.5 Å². The Balaban J connectivity index is 0.00000200. The highest BCUT2D eigenvalue weighted by atomic mass is 127. The van der Waals surface area contributed by atoms with Crippen LogP contribution in [0.5, 0.6) is 0 Å². The Hall–Kier alpha value is -1.57. The molecule has 1 aromatic heterocycles. The summed E-state index contributed by atoms with van der Waals surface area (Å²) in [4.78, 5) is 4.10. The second-order valence-electron chi connectivity index (χ2n) is 4.22. The lowest BCUT2D eigenvalue weighted by Gasteiger charge is -2.08. The average Bonchev–Trinajstić information content (AvgIpc) is 2.82. The number of halogens is 1. The third-order valence-corrected chi connectivity index (χ3v) is 2.86. The van der Waals surface area contributed by atoms with Crippen LogP contribution in [0, 0.1) is 0 Å². The van der Waals surface area contributed by atoms with Crippen molar-refractivity contribution in [2.45, 2.75) is 6.54 Å². The summed E-state index contributed by atoms with van der Waals surface area (Å²) in [5.41, 5.74) is 3.27. The Bertz CT molecular complexity index is 562. The molecule has 5 nitrogen and oxygen atoms in total. The highest BCUT2D eigenvalue weighted by molar-refractivity contribution is 14.0. The summed E-state index contributed by atoms with van der Waals surface area (Å²) in [6.07, 6.45) is 2.03. The maximum absolute atomic E-state index is 4.53. The fourth-order valence-corrected chi connectivity index (χ4v) is 1.96. The van der Waals surface area contributed by atoms with Gasteiger partial charge in [0.2, 0.25) is 0 Å². The lowest BCUT2D eigenvalue weighted by Crippen LogP contribution is -2.34. The molecule has 0 aliphatic rings. The van der Waals surface area contributed by atoms with E-state index in [9.17, 15) is 0 Å². The molecule has 0 fully saturated rings. The minimum Gasteiger partial charge on any atom is -0.359 e. The Morgan fingerprint density at radius 2 is 2.00 bits per heavy atom. The highest BCUT2D eigenvalue weighted by Crippen LogP contribution is 2.21. The number of hydrogen-bond donors (Lipinski definition) is 2. The van der Waals surface area contributed by atoms with Crippen LogP contribution in [-0.2, 0) is 13.6 Å². The van der Waals surface area contributed by atoms with Gasteiger partial charge in [-0.2, -0.15) is 5.10 Å². The summed E-state index contributed by atoms with van der Waals surface area (Å²) in [6, 6.07) is 10.2. The Morgan fingerprint density at radius 1 is 1.30 bits per heavy atom. The summed E-state index contributed by atoms with van der Waals surface area (Å²) in [5.74, 6) is 0.767. The Kier molecular flexibility index (Phi) is 6.50. The van der Waals surface area contributed by atoms with Crippen LogP contribution in [-0.4, -0.2) is 29.8 Å². The van der Waals surface area contributed by atoms with Crippen molar-refractivity contribution in [3.8, 4) is 11.3 Å². The molecule has 0 saturated heterocycles. The molecule has 0 unspecified atom stereocenters. The molecule has 0 spiro atoms. The van der Waals surface area contributed by atoms with Gasteiger partial charge in [-0.05, 0) is 0 Å². The van der Waals surface area contributed by atoms with Crippen molar-refractivity contribution in [3.05, 3.63) is 42.1 Å². The topological polar surface area (TPSA) is 54.2 Å². The van der Waals surface area contributed by atoms with Crippen molar-refractivity contribution in [3.63, 3.8) is 0 Å². The molecule has 1 aromatic carbocycles. The molecule has 2 rings (SSSR count). The molecule has 0 radical (unpaired) electrons. The van der Waals surface area contributed by atoms with E-state index < -0.39 is 0 Å². The number of nitrogens with zero attached hydrogens (tertiary/aromatic N) is 3. The number of guanidine groups is 1. The van der Waals surface area contributed by atoms with Gasteiger partial charge in [-0.15, -0.1) is 24.0 Å². The van der Waals surface area contributed by atoms with E-state index in [0.717, 1.165) is 22.8 Å². The van der Waals surface area contributed by atoms with Gasteiger partial charge < -0.3 is 10.6 Å². The van der Waals surface area contributed by atoms with E-state index in [2.05, 4.69) is 32.9 Å². The van der Waals surface area contributed by atoms with Gasteiger partial charge in [0.05, 0.1) is 5.69 Å². The smallest absolute Gasteiger partial charge is 0.190 e. The van der Waals surface area contributed by atoms with Crippen LogP contribution in [0.25, 0.3) is 11.3 Å². The van der Waals surface area contributed by atoms with Crippen LogP contribution < -0.4 is 10.6 Å². The molecule has 108 valence electrons. The van der Waals surface area contributed by atoms with Gasteiger partial charge in [0.15, 0.2) is 5.96 Å². The van der Waals surface area contributed by atoms with E-state index in [1.54, 1.807) is 7.05 Å². The molecule has 0 saturated carbocycles. The first-order valence-corrected chi connectivity index (χ1v) is 6.21. The lowest BCUT2D eigenvalue weighted by molar-refractivity contribution is 0.768. The molecule has 0 atom stereocenters. The number of aliphatic imine (C=N–C) groups is 1. The van der Waals surface area contributed by atoms with Crippen molar-refractivity contribution in [1.82, 2.24) is 20.4 Å². The zero-order chi connectivity index (χ0) is 13.7. The average molecular weight is 385 g/mol. The zero-order valence-corrected chi connectivity index (χ0v) is 14.3. The SMILES string of the molecule is CN=C(NC)NCc1cn(C)nc1-c1ccccc1.I. The van der Waals surface area contributed by atoms with Crippen LogP contribution in [0.1, 0.15) is 5.56 Å². The number of benzene rings is 1. The Labute approximate surface area is 136 Å². The van der Waals surface area contributed by atoms with Crippen molar-refractivity contribution in [2.75, 3.05) is 14.1 Å². The quantitative estimate of drug-likeness (QED) is 0.483. The third-order valence-electron chi connectivity index (χ3n) is 2.86. The minimum absolute atomic E-state index is 0. The fraction of sp³-hybridized carbons (Fsp3) is 0.286. The van der Waals surface area contributed by atoms with Gasteiger partial charge in [-0.3, -0.25) is 9.67 Å². The Morgan fingerprint density at radius 3 is 2.60 bits per heavy atom. The van der Waals surface area contributed by atoms with Crippen LogP contribution in [0.3, 0.4) is 0 Å². The van der Waals surface area contributed by atoms with E-state index in [0.29, 0.717) is 6.54 Å². The van der Waals surface area contributed by atoms with Gasteiger partial charge >= 0.3 is 0 Å². The zero-order valence-electron chi connectivity index (χ0n) is 11.9. The maximum Gasteiger partial charge on any atom is 0.190 e. The van der Waals surface area contributed by atoms with Crippen LogP contribution in [0.2, 0.25) is 0 Å². The number of nitrogens with one attached hydrogen (secondary N) is 2. The standard InChI is InChI=1S/C14H19N5.HI/c1-15-14(16-2)17-9-12-10-19(3)18-13(12)11-7-5-4-6-8-11;/h4-8,10H,9H2,1-3H3,(H2,15,16,17);1H. The molecule has 0 aliphatic carbocycles. The monoisotopic (exact) mass is 385 g/mol. The minimum atomic E-state index is 0. The van der Waals surface area contributed by atoms with E-state index in [-0.39, 0.29) is 24.0 Å². The van der Waals surface area contributed by atoms with Gasteiger partial charge in [0.1, 0.15) is 0 Å². The van der Waals surface area contributed by atoms with Crippen molar-refractivity contribution in [2.24, 2.45) is 12.0 Å².